The van der Waals surface area contributed by atoms with E-state index < -0.39 is 0 Å². The van der Waals surface area contributed by atoms with Crippen molar-refractivity contribution in [3.05, 3.63) is 0 Å². The van der Waals surface area contributed by atoms with Gasteiger partial charge in [-0.05, 0) is 38.0 Å². The van der Waals surface area contributed by atoms with Crippen molar-refractivity contribution in [1.29, 1.82) is 0 Å². The average molecular weight is 429 g/mol. The molecule has 0 heterocycles. The summed E-state index contributed by atoms with van der Waals surface area (Å²) in [5.41, 5.74) is 0. The summed E-state index contributed by atoms with van der Waals surface area (Å²) in [6.07, 6.45) is 16.0. The highest BCUT2D eigenvalue weighted by atomic mass is 16.5. The number of carbonyl (C=O) groups excluding carboxylic acids is 2. The van der Waals surface area contributed by atoms with E-state index in [1.54, 1.807) is 7.11 Å². The Bertz CT molecular complexity index is 397. The van der Waals surface area contributed by atoms with Crippen LogP contribution in [-0.2, 0) is 23.8 Å². The van der Waals surface area contributed by atoms with Gasteiger partial charge >= 0.3 is 11.9 Å². The van der Waals surface area contributed by atoms with Gasteiger partial charge < -0.3 is 14.2 Å². The molecule has 5 nitrogen and oxygen atoms in total. The van der Waals surface area contributed by atoms with Crippen LogP contribution >= 0.6 is 0 Å². The molecule has 0 saturated heterocycles. The maximum Gasteiger partial charge on any atom is 0.305 e. The summed E-state index contributed by atoms with van der Waals surface area (Å²) in [5.74, 6) is 0.336. The summed E-state index contributed by atoms with van der Waals surface area (Å²) in [6.45, 7) is 6.20. The zero-order valence-corrected chi connectivity index (χ0v) is 20.1. The Balaban J connectivity index is 3.68. The Kier molecular flexibility index (Phi) is 21.8. The third-order valence-corrected chi connectivity index (χ3v) is 5.51. The fourth-order valence-electron chi connectivity index (χ4n) is 3.49. The molecule has 0 rings (SSSR count). The van der Waals surface area contributed by atoms with Gasteiger partial charge in [0.1, 0.15) is 0 Å². The molecule has 5 heteroatoms. The molecule has 0 aliphatic carbocycles. The molecule has 0 aromatic heterocycles. The van der Waals surface area contributed by atoms with Gasteiger partial charge in [0.2, 0.25) is 0 Å². The van der Waals surface area contributed by atoms with Crippen molar-refractivity contribution in [3.8, 4) is 0 Å². The quantitative estimate of drug-likeness (QED) is 0.143. The summed E-state index contributed by atoms with van der Waals surface area (Å²) in [4.78, 5) is 23.6. The number of esters is 2. The molecule has 30 heavy (non-hydrogen) atoms. The minimum Gasteiger partial charge on any atom is -0.466 e. The molecule has 0 bridgehead atoms. The molecule has 0 fully saturated rings. The highest BCUT2D eigenvalue weighted by Crippen LogP contribution is 2.18. The number of unbranched alkanes of at least 4 members (excludes halogenated alkanes) is 8. The molecular weight excluding hydrogens is 380 g/mol. The van der Waals surface area contributed by atoms with Crippen LogP contribution in [0.2, 0.25) is 0 Å². The average Bonchev–Trinajstić information content (AvgIpc) is 2.74. The van der Waals surface area contributed by atoms with Crippen molar-refractivity contribution in [1.82, 2.24) is 0 Å². The molecule has 0 aromatic rings. The van der Waals surface area contributed by atoms with Gasteiger partial charge in [0, 0.05) is 26.6 Å². The van der Waals surface area contributed by atoms with E-state index in [2.05, 4.69) is 13.8 Å². The van der Waals surface area contributed by atoms with Crippen molar-refractivity contribution in [2.75, 3.05) is 26.9 Å². The minimum atomic E-state index is -0.120. The highest BCUT2D eigenvalue weighted by molar-refractivity contribution is 5.69. The maximum absolute atomic E-state index is 11.9. The number of methoxy groups -OCH3 is 1. The van der Waals surface area contributed by atoms with Gasteiger partial charge in [-0.15, -0.1) is 0 Å². The Morgan fingerprint density at radius 3 is 1.73 bits per heavy atom. The summed E-state index contributed by atoms with van der Waals surface area (Å²) in [5, 5.41) is 0. The zero-order chi connectivity index (χ0) is 22.3. The lowest BCUT2D eigenvalue weighted by atomic mass is 9.95. The van der Waals surface area contributed by atoms with Crippen molar-refractivity contribution >= 4 is 11.9 Å². The molecule has 0 radical (unpaired) electrons. The SMILES string of the molecule is CCCCCCOC(=O)CCCCCC(=O)OCCC(CCCCCC)CCOC. The van der Waals surface area contributed by atoms with E-state index in [9.17, 15) is 9.59 Å². The minimum absolute atomic E-state index is 0.116. The smallest absolute Gasteiger partial charge is 0.305 e. The van der Waals surface area contributed by atoms with Gasteiger partial charge in [-0.2, -0.15) is 0 Å². The topological polar surface area (TPSA) is 61.8 Å². The Morgan fingerprint density at radius 1 is 0.600 bits per heavy atom. The number of rotatable bonds is 22. The molecule has 0 N–H and O–H groups in total. The lowest BCUT2D eigenvalue weighted by Crippen LogP contribution is -2.12. The fourth-order valence-corrected chi connectivity index (χ4v) is 3.49. The Morgan fingerprint density at radius 2 is 1.13 bits per heavy atom. The van der Waals surface area contributed by atoms with Crippen LogP contribution in [0.25, 0.3) is 0 Å². The fraction of sp³-hybridized carbons (Fsp3) is 0.920. The van der Waals surface area contributed by atoms with Crippen LogP contribution in [0.4, 0.5) is 0 Å². The third kappa shape index (κ3) is 20.2. The van der Waals surface area contributed by atoms with Gasteiger partial charge in [-0.3, -0.25) is 9.59 Å². The molecule has 0 saturated carbocycles. The first kappa shape index (κ1) is 28.9. The zero-order valence-electron chi connectivity index (χ0n) is 20.1. The Labute approximate surface area is 185 Å². The van der Waals surface area contributed by atoms with Crippen LogP contribution < -0.4 is 0 Å². The second-order valence-corrected chi connectivity index (χ2v) is 8.35. The van der Waals surface area contributed by atoms with Crippen molar-refractivity contribution in [3.63, 3.8) is 0 Å². The molecule has 0 aromatic carbocycles. The summed E-state index contributed by atoms with van der Waals surface area (Å²) < 4.78 is 15.9. The van der Waals surface area contributed by atoms with Crippen LogP contribution in [0.3, 0.4) is 0 Å². The molecule has 0 aliphatic rings. The van der Waals surface area contributed by atoms with E-state index in [1.165, 1.54) is 44.9 Å². The summed E-state index contributed by atoms with van der Waals surface area (Å²) in [7, 11) is 1.74. The first-order valence-electron chi connectivity index (χ1n) is 12.4. The highest BCUT2D eigenvalue weighted by Gasteiger charge is 2.11. The monoisotopic (exact) mass is 428 g/mol. The van der Waals surface area contributed by atoms with Gasteiger partial charge in [-0.1, -0.05) is 71.6 Å². The Hall–Kier alpha value is -1.10. The summed E-state index contributed by atoms with van der Waals surface area (Å²) >= 11 is 0. The van der Waals surface area contributed by atoms with Crippen LogP contribution in [0, 0.1) is 5.92 Å². The van der Waals surface area contributed by atoms with E-state index >= 15 is 0 Å². The van der Waals surface area contributed by atoms with Crippen molar-refractivity contribution in [2.45, 2.75) is 117 Å². The maximum atomic E-state index is 11.9. The first-order chi connectivity index (χ1) is 14.6. The number of hydrogen-bond donors (Lipinski definition) is 0. The van der Waals surface area contributed by atoms with E-state index in [0.717, 1.165) is 51.6 Å². The van der Waals surface area contributed by atoms with Gasteiger partial charge in [0.05, 0.1) is 13.2 Å². The van der Waals surface area contributed by atoms with E-state index in [-0.39, 0.29) is 11.9 Å². The predicted molar refractivity (Wildman–Crippen MR) is 123 cm³/mol. The molecule has 1 atom stereocenters. The normalized spacial score (nSPS) is 12.0. The largest absolute Gasteiger partial charge is 0.466 e. The molecule has 0 amide bonds. The van der Waals surface area contributed by atoms with Crippen LogP contribution in [0.15, 0.2) is 0 Å². The molecule has 0 spiro atoms. The van der Waals surface area contributed by atoms with Crippen LogP contribution in [0.5, 0.6) is 0 Å². The predicted octanol–water partition coefficient (Wildman–Crippen LogP) is 6.62. The first-order valence-corrected chi connectivity index (χ1v) is 12.4. The van der Waals surface area contributed by atoms with Crippen molar-refractivity contribution in [2.24, 2.45) is 5.92 Å². The van der Waals surface area contributed by atoms with Gasteiger partial charge in [-0.25, -0.2) is 0 Å². The second-order valence-electron chi connectivity index (χ2n) is 8.35. The lowest BCUT2D eigenvalue weighted by Gasteiger charge is -2.16. The van der Waals surface area contributed by atoms with Gasteiger partial charge in [0.25, 0.3) is 0 Å². The second kappa shape index (κ2) is 22.6. The summed E-state index contributed by atoms with van der Waals surface area (Å²) in [6, 6.07) is 0. The lowest BCUT2D eigenvalue weighted by molar-refractivity contribution is -0.144. The number of carbonyl (C=O) groups is 2. The van der Waals surface area contributed by atoms with E-state index in [4.69, 9.17) is 14.2 Å². The van der Waals surface area contributed by atoms with Crippen molar-refractivity contribution < 1.29 is 23.8 Å². The number of hydrogen-bond acceptors (Lipinski definition) is 5. The van der Waals surface area contributed by atoms with Crippen LogP contribution in [0.1, 0.15) is 117 Å². The third-order valence-electron chi connectivity index (χ3n) is 5.51. The van der Waals surface area contributed by atoms with Crippen LogP contribution in [-0.4, -0.2) is 38.9 Å². The van der Waals surface area contributed by atoms with Gasteiger partial charge in [0.15, 0.2) is 0 Å². The molecular formula is C25H48O5. The molecule has 178 valence electrons. The van der Waals surface area contributed by atoms with E-state index in [0.29, 0.717) is 32.0 Å². The molecule has 0 aliphatic heterocycles. The van der Waals surface area contributed by atoms with E-state index in [1.807, 2.05) is 0 Å². The molecule has 1 unspecified atom stereocenters. The number of ether oxygens (including phenoxy) is 3. The standard InChI is InChI=1S/C25H48O5/c1-4-6-8-11-15-23(18-21-28-3)19-22-30-25(27)17-13-10-12-16-24(26)29-20-14-9-7-5-2/h23H,4-22H2,1-3H3.